The fourth-order valence-corrected chi connectivity index (χ4v) is 2.66. The lowest BCUT2D eigenvalue weighted by molar-refractivity contribution is 0.281. The highest BCUT2D eigenvalue weighted by Gasteiger charge is 2.19. The van der Waals surface area contributed by atoms with E-state index in [9.17, 15) is 5.11 Å². The van der Waals surface area contributed by atoms with E-state index in [0.717, 1.165) is 11.1 Å². The van der Waals surface area contributed by atoms with Crippen LogP contribution in [0.25, 0.3) is 11.2 Å². The van der Waals surface area contributed by atoms with Gasteiger partial charge in [-0.25, -0.2) is 0 Å². The highest BCUT2D eigenvalue weighted by atomic mass is 16.5. The number of anilines is 1. The van der Waals surface area contributed by atoms with E-state index in [1.54, 1.807) is 17.7 Å². The molecule has 138 valence electrons. The lowest BCUT2D eigenvalue weighted by Crippen LogP contribution is -2.07. The third-order valence-electron chi connectivity index (χ3n) is 3.88. The van der Waals surface area contributed by atoms with Gasteiger partial charge in [-0.3, -0.25) is 4.57 Å². The van der Waals surface area contributed by atoms with Crippen molar-refractivity contribution in [2.75, 3.05) is 26.6 Å². The molecule has 0 aliphatic rings. The second-order valence-electron chi connectivity index (χ2n) is 5.49. The van der Waals surface area contributed by atoms with Crippen LogP contribution in [0.1, 0.15) is 18.1 Å². The van der Waals surface area contributed by atoms with E-state index < -0.39 is 0 Å². The lowest BCUT2D eigenvalue weighted by atomic mass is 10.1. The number of benzene rings is 1. The van der Waals surface area contributed by atoms with Gasteiger partial charge in [-0.1, -0.05) is 12.1 Å². The number of nitrogens with zero attached hydrogens (tertiary/aromatic N) is 4. The van der Waals surface area contributed by atoms with E-state index in [-0.39, 0.29) is 18.4 Å². The van der Waals surface area contributed by atoms with Crippen molar-refractivity contribution < 1.29 is 19.3 Å². The van der Waals surface area contributed by atoms with Crippen LogP contribution in [-0.4, -0.2) is 45.5 Å². The van der Waals surface area contributed by atoms with Crippen molar-refractivity contribution in [3.05, 3.63) is 29.3 Å². The Morgan fingerprint density at radius 2 is 1.96 bits per heavy atom. The van der Waals surface area contributed by atoms with Crippen molar-refractivity contribution >= 4 is 17.0 Å². The van der Waals surface area contributed by atoms with Crippen molar-refractivity contribution in [2.45, 2.75) is 20.1 Å². The first-order valence-electron chi connectivity index (χ1n) is 8.08. The molecular weight excluding hydrogens is 338 g/mol. The number of nitrogen functional groups attached to an aromatic ring is 1. The molecule has 0 unspecified atom stereocenters. The largest absolute Gasteiger partial charge is 0.496 e. The van der Waals surface area contributed by atoms with E-state index in [4.69, 9.17) is 19.9 Å². The Labute approximate surface area is 150 Å². The molecule has 0 saturated heterocycles. The molecule has 9 nitrogen and oxygen atoms in total. The molecule has 9 heteroatoms. The summed E-state index contributed by atoms with van der Waals surface area (Å²) in [5, 5.41) is 9.30. The first kappa shape index (κ1) is 17.7. The Morgan fingerprint density at radius 1 is 1.15 bits per heavy atom. The topological polar surface area (TPSA) is 118 Å². The molecule has 0 amide bonds. The van der Waals surface area contributed by atoms with Crippen LogP contribution in [0.2, 0.25) is 0 Å². The van der Waals surface area contributed by atoms with Crippen LogP contribution in [0.5, 0.6) is 17.8 Å². The molecule has 0 aliphatic heterocycles. The number of hydrogen-bond donors (Lipinski definition) is 2. The summed E-state index contributed by atoms with van der Waals surface area (Å²) in [7, 11) is 3.10. The summed E-state index contributed by atoms with van der Waals surface area (Å²) in [5.74, 6) is 0.866. The van der Waals surface area contributed by atoms with E-state index in [1.807, 2.05) is 19.1 Å². The molecule has 0 aliphatic carbocycles. The molecule has 0 saturated carbocycles. The molecule has 3 N–H and O–H groups in total. The van der Waals surface area contributed by atoms with Crippen LogP contribution in [-0.2, 0) is 13.2 Å². The van der Waals surface area contributed by atoms with Gasteiger partial charge in [-0.05, 0) is 18.6 Å². The highest BCUT2D eigenvalue weighted by molar-refractivity contribution is 5.83. The molecule has 1 aromatic carbocycles. The number of hydrogen-bond acceptors (Lipinski definition) is 8. The smallest absolute Gasteiger partial charge is 0.320 e. The van der Waals surface area contributed by atoms with Crippen LogP contribution in [0, 0.1) is 0 Å². The zero-order valence-corrected chi connectivity index (χ0v) is 14.9. The number of rotatable bonds is 7. The van der Waals surface area contributed by atoms with Gasteiger partial charge in [0.05, 0.1) is 34.0 Å². The Hall–Kier alpha value is -3.07. The molecule has 0 spiro atoms. The molecule has 2 heterocycles. The number of ether oxygens (including phenoxy) is 3. The number of aliphatic hydroxyl groups excluding tert-OH is 1. The third kappa shape index (κ3) is 3.21. The third-order valence-corrected chi connectivity index (χ3v) is 3.88. The number of fused-ring (bicyclic) bond motifs is 1. The minimum Gasteiger partial charge on any atom is -0.496 e. The quantitative estimate of drug-likeness (QED) is 0.649. The Kier molecular flexibility index (Phi) is 5.08. The summed E-state index contributed by atoms with van der Waals surface area (Å²) in [6, 6.07) is 6.03. The van der Waals surface area contributed by atoms with Gasteiger partial charge in [0, 0.05) is 5.56 Å². The zero-order valence-electron chi connectivity index (χ0n) is 14.9. The van der Waals surface area contributed by atoms with Gasteiger partial charge in [0.1, 0.15) is 5.75 Å². The Bertz CT molecular complexity index is 925. The van der Waals surface area contributed by atoms with E-state index in [1.165, 1.54) is 7.11 Å². The monoisotopic (exact) mass is 359 g/mol. The summed E-state index contributed by atoms with van der Waals surface area (Å²) in [6.07, 6.45) is 0. The second-order valence-corrected chi connectivity index (χ2v) is 5.49. The van der Waals surface area contributed by atoms with Crippen molar-refractivity contribution in [3.63, 3.8) is 0 Å². The van der Waals surface area contributed by atoms with Gasteiger partial charge < -0.3 is 25.1 Å². The summed E-state index contributed by atoms with van der Waals surface area (Å²) in [6.45, 7) is 2.59. The van der Waals surface area contributed by atoms with Crippen LogP contribution in [0.15, 0.2) is 18.2 Å². The SMILES string of the molecule is CCOc1nc(N)c2nc(OC)n(Cc3ccc(CO)cc3OC)c2n1. The molecule has 26 heavy (non-hydrogen) atoms. The van der Waals surface area contributed by atoms with Gasteiger partial charge in [0.25, 0.3) is 6.01 Å². The van der Waals surface area contributed by atoms with Crippen LogP contribution in [0.3, 0.4) is 0 Å². The Morgan fingerprint density at radius 3 is 2.62 bits per heavy atom. The molecule has 3 aromatic rings. The summed E-state index contributed by atoms with van der Waals surface area (Å²) in [5.41, 5.74) is 8.58. The number of nitrogens with two attached hydrogens (primary N) is 1. The standard InChI is InChI=1S/C17H21N5O4/c1-4-26-16-20-14(18)13-15(21-16)22(17(19-13)25-3)8-11-6-5-10(9-23)7-12(11)24-2/h5-7,23H,4,8-9H2,1-3H3,(H2,18,20,21). The molecule has 3 rings (SSSR count). The van der Waals surface area contributed by atoms with Crippen molar-refractivity contribution in [2.24, 2.45) is 0 Å². The highest BCUT2D eigenvalue weighted by Crippen LogP contribution is 2.29. The van der Waals surface area contributed by atoms with Crippen LogP contribution >= 0.6 is 0 Å². The molecule has 0 bridgehead atoms. The second kappa shape index (κ2) is 7.44. The molecular formula is C17H21N5O4. The fraction of sp³-hybridized carbons (Fsp3) is 0.353. The van der Waals surface area contributed by atoms with Crippen molar-refractivity contribution in [1.82, 2.24) is 19.5 Å². The first-order chi connectivity index (χ1) is 12.6. The van der Waals surface area contributed by atoms with Crippen molar-refractivity contribution in [3.8, 4) is 17.8 Å². The van der Waals surface area contributed by atoms with Crippen LogP contribution < -0.4 is 19.9 Å². The number of aliphatic hydroxyl groups is 1. The van der Waals surface area contributed by atoms with Gasteiger partial charge in [-0.15, -0.1) is 0 Å². The fourth-order valence-electron chi connectivity index (χ4n) is 2.66. The molecule has 0 fully saturated rings. The number of methoxy groups -OCH3 is 2. The van der Waals surface area contributed by atoms with Crippen LogP contribution in [0.4, 0.5) is 5.82 Å². The van der Waals surface area contributed by atoms with Crippen molar-refractivity contribution in [1.29, 1.82) is 0 Å². The Balaban J connectivity index is 2.12. The van der Waals surface area contributed by atoms with Gasteiger partial charge in [-0.2, -0.15) is 15.0 Å². The first-order valence-corrected chi connectivity index (χ1v) is 8.08. The van der Waals surface area contributed by atoms with E-state index in [0.29, 0.717) is 36.1 Å². The van der Waals surface area contributed by atoms with E-state index >= 15 is 0 Å². The summed E-state index contributed by atoms with van der Waals surface area (Å²) in [4.78, 5) is 12.9. The predicted octanol–water partition coefficient (Wildman–Crippen LogP) is 1.36. The average Bonchev–Trinajstić information content (AvgIpc) is 3.00. The number of imidazole rings is 1. The molecule has 0 radical (unpaired) electrons. The minimum atomic E-state index is -0.0601. The normalized spacial score (nSPS) is 10.9. The summed E-state index contributed by atoms with van der Waals surface area (Å²) >= 11 is 0. The molecule has 0 atom stereocenters. The zero-order chi connectivity index (χ0) is 18.7. The average molecular weight is 359 g/mol. The van der Waals surface area contributed by atoms with Gasteiger partial charge in [0.2, 0.25) is 0 Å². The van der Waals surface area contributed by atoms with Gasteiger partial charge >= 0.3 is 6.01 Å². The maximum absolute atomic E-state index is 9.30. The molecule has 2 aromatic heterocycles. The van der Waals surface area contributed by atoms with E-state index in [2.05, 4.69) is 15.0 Å². The maximum Gasteiger partial charge on any atom is 0.320 e. The maximum atomic E-state index is 9.30. The number of aromatic nitrogens is 4. The summed E-state index contributed by atoms with van der Waals surface area (Å²) < 4.78 is 18.0. The minimum absolute atomic E-state index is 0.0601. The lowest BCUT2D eigenvalue weighted by Gasteiger charge is -2.12. The predicted molar refractivity (Wildman–Crippen MR) is 95.5 cm³/mol. The van der Waals surface area contributed by atoms with Gasteiger partial charge in [0.15, 0.2) is 17.0 Å².